The predicted octanol–water partition coefficient (Wildman–Crippen LogP) is 0.495. The predicted molar refractivity (Wildman–Crippen MR) is 207 cm³/mol. The molecule has 0 aliphatic rings. The van der Waals surface area contributed by atoms with Crippen LogP contribution >= 0.6 is 0 Å². The minimum Gasteiger partial charge on any atom is -0.358 e. The van der Waals surface area contributed by atoms with E-state index in [1.54, 1.807) is 0 Å². The fourth-order valence-corrected chi connectivity index (χ4v) is 1.54. The maximum Gasteiger partial charge on any atom is 0 e. The number of hydrogen-bond acceptors (Lipinski definition) is 0. The van der Waals surface area contributed by atoms with Gasteiger partial charge in [-0.3, -0.25) is 11.8 Å². The third kappa shape index (κ3) is 40.4. The van der Waals surface area contributed by atoms with E-state index < -0.39 is 0 Å². The van der Waals surface area contributed by atoms with Crippen LogP contribution in [0.2, 0.25) is 0 Å². The maximum absolute atomic E-state index is 6.57. The zero-order valence-electron chi connectivity index (χ0n) is 26.7. The highest BCUT2D eigenvalue weighted by Gasteiger charge is 1.62. The van der Waals surface area contributed by atoms with Gasteiger partial charge in [-0.2, -0.15) is 6.92 Å². The zero-order valence-corrected chi connectivity index (χ0v) is 26.7. The first-order valence-corrected chi connectivity index (χ1v) is 13.1. The van der Waals surface area contributed by atoms with Crippen LogP contribution in [0.5, 0.6) is 0 Å². The lowest BCUT2D eigenvalue weighted by Gasteiger charge is -1.64. The van der Waals surface area contributed by atoms with E-state index in [-0.39, 0.29) is 0 Å². The Morgan fingerprint density at radius 2 is 0.245 bits per heavy atom. The molecule has 0 spiro atoms. The van der Waals surface area contributed by atoms with Crippen LogP contribution in [0.25, 0.3) is 0 Å². The molecule has 0 aromatic rings. The summed E-state index contributed by atoms with van der Waals surface area (Å²) in [7, 11) is 0. The van der Waals surface area contributed by atoms with Gasteiger partial charge in [0, 0.05) is 172 Å². The Labute approximate surface area is 314 Å². The highest BCUT2D eigenvalue weighted by molar-refractivity contribution is 5.51. The molecule has 0 saturated heterocycles. The van der Waals surface area contributed by atoms with E-state index in [1.165, 1.54) is 0 Å². The molecule has 0 aromatic heterocycles. The first-order valence-electron chi connectivity index (χ1n) is 13.1. The average molecular weight is 639 g/mol. The van der Waals surface area contributed by atoms with Gasteiger partial charge >= 0.3 is 0 Å². The highest BCUT2D eigenvalue weighted by atomic mass is 13.6. The molecular weight excluding hydrogens is 637 g/mol. The zero-order chi connectivity index (χ0) is 38.1. The van der Waals surface area contributed by atoms with Crippen molar-refractivity contribution in [3.05, 3.63) is 13.3 Å². The lowest BCUT2D eigenvalue weighted by atomic mass is 10.4. The molecule has 216 valence electrons. The lowest BCUT2D eigenvalue weighted by Crippen LogP contribution is -1.57. The second kappa shape index (κ2) is 40.4. The van der Waals surface area contributed by atoms with Gasteiger partial charge in [0.25, 0.3) is 0 Å². The van der Waals surface area contributed by atoms with Crippen LogP contribution in [0.4, 0.5) is 0 Å². The Kier molecular flexibility index (Phi) is 31.6. The maximum atomic E-state index is 6.57. The number of rotatable bonds is 0. The Morgan fingerprint density at radius 3 is 0.340 bits per heavy atom. The summed E-state index contributed by atoms with van der Waals surface area (Å²) in [5.74, 6) is 126. The topological polar surface area (TPSA) is 0 Å². The van der Waals surface area contributed by atoms with Crippen LogP contribution in [0.15, 0.2) is 0 Å². The van der Waals surface area contributed by atoms with Crippen LogP contribution in [0.3, 0.4) is 0 Å². The van der Waals surface area contributed by atoms with Gasteiger partial charge in [-0.1, -0.05) is 0 Å². The lowest BCUT2D eigenvalue weighted by molar-refractivity contribution is 2.31. The van der Waals surface area contributed by atoms with Gasteiger partial charge in [-0.15, -0.1) is 11.8 Å². The first-order chi connectivity index (χ1) is 26.4. The molecule has 0 heteroatoms. The summed E-state index contributed by atoms with van der Waals surface area (Å²) in [4.78, 5) is 0. The second-order valence-electron chi connectivity index (χ2n) is 6.43. The van der Waals surface area contributed by atoms with Gasteiger partial charge in [0.1, 0.15) is 0 Å². The SMILES string of the molecule is [C-]#CC#CC#CC#CC#CC#CC#CC#CC#CC#CC#CC#CC#CC#CC#CC#CC#CC#CC#CC#CC#CC#CC#CC#CC#CC#C[CH2-]. The molecule has 0 aliphatic carbocycles. The van der Waals surface area contributed by atoms with Crippen LogP contribution in [-0.4, -0.2) is 0 Å². The van der Waals surface area contributed by atoms with E-state index >= 15 is 0 Å². The molecule has 0 bridgehead atoms. The van der Waals surface area contributed by atoms with Crippen LogP contribution in [0, 0.1) is 315 Å². The largest absolute Gasteiger partial charge is 0.358 e. The van der Waals surface area contributed by atoms with Crippen molar-refractivity contribution in [3.63, 3.8) is 0 Å². The average Bonchev–Trinajstić information content (AvgIpc) is 3.17. The third-order valence-corrected chi connectivity index (χ3v) is 3.15. The molecule has 0 radical (unpaired) electrons. The minimum absolute atomic E-state index is 1.87. The molecule has 0 nitrogen and oxygen atoms in total. The summed E-state index contributed by atoms with van der Waals surface area (Å²) >= 11 is 0. The molecule has 0 amide bonds. The van der Waals surface area contributed by atoms with Crippen molar-refractivity contribution in [2.75, 3.05) is 0 Å². The van der Waals surface area contributed by atoms with E-state index in [1.807, 2.05) is 5.92 Å². The van der Waals surface area contributed by atoms with Crippen LogP contribution in [0.1, 0.15) is 0 Å². The van der Waals surface area contributed by atoms with Crippen molar-refractivity contribution in [2.45, 2.75) is 0 Å². The van der Waals surface area contributed by atoms with E-state index in [4.69, 9.17) is 6.42 Å². The smallest absolute Gasteiger partial charge is 0 e. The normalized spacial score (nSPS) is 3.91. The summed E-state index contributed by atoms with van der Waals surface area (Å²) < 4.78 is 0. The van der Waals surface area contributed by atoms with Crippen LogP contribution < -0.4 is 0 Å². The monoisotopic (exact) mass is 638 g/mol. The molecule has 0 aromatic carbocycles. The molecule has 0 aliphatic heterocycles. The van der Waals surface area contributed by atoms with Crippen molar-refractivity contribution in [1.29, 1.82) is 0 Å². The van der Waals surface area contributed by atoms with E-state index in [2.05, 4.69) is 303 Å². The van der Waals surface area contributed by atoms with Crippen molar-refractivity contribution in [1.82, 2.24) is 0 Å². The van der Waals surface area contributed by atoms with Gasteiger partial charge in [0.15, 0.2) is 0 Å². The van der Waals surface area contributed by atoms with Gasteiger partial charge < -0.3 is 6.42 Å². The summed E-state index contributed by atoms with van der Waals surface area (Å²) in [6.45, 7) is 3.31. The third-order valence-electron chi connectivity index (χ3n) is 3.15. The fraction of sp³-hybridized carbons (Fsp3) is 0. The van der Waals surface area contributed by atoms with Gasteiger partial charge in [-0.05, 0) is 94.7 Å². The van der Waals surface area contributed by atoms with E-state index in [0.717, 1.165) is 0 Å². The van der Waals surface area contributed by atoms with E-state index in [0.29, 0.717) is 0 Å². The van der Waals surface area contributed by atoms with E-state index in [9.17, 15) is 0 Å². The molecule has 0 heterocycles. The number of hydrogen-bond donors (Lipinski definition) is 0. The standard InChI is InChI=1S/C53H2/c1-3-5-7-9-11-13-15-17-19-21-23-25-27-29-31-33-35-37-39-41-43-45-47-49-51-53-52-50-48-46-44-42-40-38-36-34-32-30-28-26-24-22-20-18-16-14-12-10-8-6-4-2/h1H2/q-2. The Hall–Kier alpha value is -11.6. The van der Waals surface area contributed by atoms with Crippen molar-refractivity contribution >= 4 is 0 Å². The quantitative estimate of drug-likeness (QED) is 0.268. The molecule has 0 unspecified atom stereocenters. The van der Waals surface area contributed by atoms with Crippen molar-refractivity contribution in [2.24, 2.45) is 0 Å². The molecule has 53 heavy (non-hydrogen) atoms. The summed E-state index contributed by atoms with van der Waals surface area (Å²) in [6.07, 6.45) is 6.57. The second-order valence-corrected chi connectivity index (χ2v) is 6.43. The Bertz CT molecular complexity index is 3260. The highest BCUT2D eigenvalue weighted by Crippen LogP contribution is 1.62. The van der Waals surface area contributed by atoms with Crippen LogP contribution in [-0.2, 0) is 0 Å². The fourth-order valence-electron chi connectivity index (χ4n) is 1.54. The molecule has 0 saturated carbocycles. The summed E-state index contributed by atoms with van der Waals surface area (Å²) in [5.41, 5.74) is 0. The van der Waals surface area contributed by atoms with Crippen molar-refractivity contribution < 1.29 is 0 Å². The van der Waals surface area contributed by atoms with Gasteiger partial charge in [0.2, 0.25) is 0 Å². The molecule has 0 rings (SSSR count). The Morgan fingerprint density at radius 1 is 0.151 bits per heavy atom. The minimum atomic E-state index is 1.87. The molecular formula is C53H2-2. The summed E-state index contributed by atoms with van der Waals surface area (Å²) in [5, 5.41) is 0. The van der Waals surface area contributed by atoms with Crippen molar-refractivity contribution in [3.8, 4) is 302 Å². The van der Waals surface area contributed by atoms with Gasteiger partial charge in [0.05, 0.1) is 0 Å². The van der Waals surface area contributed by atoms with Gasteiger partial charge in [-0.25, -0.2) is 11.8 Å². The molecule has 0 fully saturated rings. The Balaban J connectivity index is 4.57. The molecule has 0 atom stereocenters. The summed E-state index contributed by atoms with van der Waals surface area (Å²) in [6, 6.07) is 0. The molecule has 0 N–H and O–H groups in total. The first kappa shape index (κ1) is 41.4.